The van der Waals surface area contributed by atoms with Crippen LogP contribution in [-0.4, -0.2) is 24.2 Å². The average molecular weight is 385 g/mol. The van der Waals surface area contributed by atoms with Crippen LogP contribution in [-0.2, 0) is 4.79 Å². The van der Waals surface area contributed by atoms with Crippen LogP contribution < -0.4 is 20.9 Å². The van der Waals surface area contributed by atoms with E-state index in [-0.39, 0.29) is 12.5 Å². The van der Waals surface area contributed by atoms with Crippen molar-refractivity contribution in [3.8, 4) is 5.75 Å². The molecule has 3 aromatic rings. The van der Waals surface area contributed by atoms with Gasteiger partial charge in [-0.3, -0.25) is 15.6 Å². The van der Waals surface area contributed by atoms with Gasteiger partial charge in [0.2, 0.25) is 0 Å². The predicted molar refractivity (Wildman–Crippen MR) is 111 cm³/mol. The zero-order chi connectivity index (χ0) is 19.1. The van der Waals surface area contributed by atoms with Gasteiger partial charge >= 0.3 is 0 Å². The summed E-state index contributed by atoms with van der Waals surface area (Å²) in [5.41, 5.74) is 6.80. The Morgan fingerprint density at radius 1 is 1.07 bits per heavy atom. The van der Waals surface area contributed by atoms with Crippen LogP contribution in [0.25, 0.3) is 21.9 Å². The molecule has 6 nitrogen and oxygen atoms in total. The standard InChI is InChI=1S/C20H23N3O3S/c1-2-3-6-11-21-20(27)23-22-19(24)13-25-14-9-10-18-16(12-14)15-7-4-5-8-17(15)26-18/h4-5,7-10,12H,2-3,6,11,13H2,1H3,(H,22,24)(H2,21,23,27). The zero-order valence-corrected chi connectivity index (χ0v) is 16.0. The van der Waals surface area contributed by atoms with Gasteiger partial charge < -0.3 is 14.5 Å². The topological polar surface area (TPSA) is 75.5 Å². The van der Waals surface area contributed by atoms with E-state index in [0.717, 1.165) is 47.7 Å². The quantitative estimate of drug-likeness (QED) is 0.327. The minimum Gasteiger partial charge on any atom is -0.484 e. The normalized spacial score (nSPS) is 10.7. The van der Waals surface area contributed by atoms with Crippen LogP contribution >= 0.6 is 12.2 Å². The van der Waals surface area contributed by atoms with Crippen molar-refractivity contribution in [3.05, 3.63) is 42.5 Å². The maximum atomic E-state index is 11.9. The van der Waals surface area contributed by atoms with Gasteiger partial charge in [-0.15, -0.1) is 0 Å². The molecule has 2 aromatic carbocycles. The minimum atomic E-state index is -0.315. The number of furan rings is 1. The Morgan fingerprint density at radius 2 is 1.89 bits per heavy atom. The van der Waals surface area contributed by atoms with Crippen molar-refractivity contribution >= 4 is 45.2 Å². The van der Waals surface area contributed by atoms with Gasteiger partial charge in [-0.2, -0.15) is 0 Å². The Labute approximate surface area is 163 Å². The van der Waals surface area contributed by atoms with E-state index in [1.54, 1.807) is 6.07 Å². The van der Waals surface area contributed by atoms with E-state index in [2.05, 4.69) is 23.1 Å². The van der Waals surface area contributed by atoms with Crippen molar-refractivity contribution in [2.24, 2.45) is 0 Å². The first-order valence-electron chi connectivity index (χ1n) is 9.04. The Balaban J connectivity index is 1.48. The second-order valence-electron chi connectivity index (χ2n) is 6.18. The zero-order valence-electron chi connectivity index (χ0n) is 15.2. The number of amides is 1. The highest BCUT2D eigenvalue weighted by Crippen LogP contribution is 2.31. The van der Waals surface area contributed by atoms with Gasteiger partial charge in [0.15, 0.2) is 11.7 Å². The van der Waals surface area contributed by atoms with E-state index in [1.807, 2.05) is 36.4 Å². The summed E-state index contributed by atoms with van der Waals surface area (Å²) in [6.45, 7) is 2.81. The number of ether oxygens (including phenoxy) is 1. The number of hydrogen-bond acceptors (Lipinski definition) is 4. The molecule has 0 saturated heterocycles. The van der Waals surface area contributed by atoms with Crippen molar-refractivity contribution in [3.63, 3.8) is 0 Å². The summed E-state index contributed by atoms with van der Waals surface area (Å²) in [6, 6.07) is 13.3. The molecule has 1 amide bonds. The van der Waals surface area contributed by atoms with Crippen molar-refractivity contribution in [1.82, 2.24) is 16.2 Å². The molecule has 142 valence electrons. The second-order valence-corrected chi connectivity index (χ2v) is 6.59. The third-order valence-corrected chi connectivity index (χ3v) is 4.35. The van der Waals surface area contributed by atoms with Gasteiger partial charge in [-0.25, -0.2) is 0 Å². The van der Waals surface area contributed by atoms with Crippen molar-refractivity contribution < 1.29 is 13.9 Å². The molecular formula is C20H23N3O3S. The minimum absolute atomic E-state index is 0.118. The van der Waals surface area contributed by atoms with E-state index in [9.17, 15) is 4.79 Å². The highest BCUT2D eigenvalue weighted by Gasteiger charge is 2.09. The monoisotopic (exact) mass is 385 g/mol. The number of carbonyl (C=O) groups is 1. The lowest BCUT2D eigenvalue weighted by Crippen LogP contribution is -2.48. The maximum absolute atomic E-state index is 11.9. The fourth-order valence-electron chi connectivity index (χ4n) is 2.73. The van der Waals surface area contributed by atoms with Gasteiger partial charge in [0, 0.05) is 17.3 Å². The van der Waals surface area contributed by atoms with Crippen molar-refractivity contribution in [2.45, 2.75) is 26.2 Å². The largest absolute Gasteiger partial charge is 0.484 e. The van der Waals surface area contributed by atoms with Gasteiger partial charge in [-0.05, 0) is 42.9 Å². The summed E-state index contributed by atoms with van der Waals surface area (Å²) >= 11 is 5.10. The van der Waals surface area contributed by atoms with E-state index in [1.165, 1.54) is 0 Å². The Hall–Kier alpha value is -2.80. The van der Waals surface area contributed by atoms with E-state index in [4.69, 9.17) is 21.4 Å². The SMILES string of the molecule is CCCCCNC(=S)NNC(=O)COc1ccc2oc3ccccc3c2c1. The molecule has 7 heteroatoms. The number of hydrazine groups is 1. The van der Waals surface area contributed by atoms with Crippen LogP contribution in [0.3, 0.4) is 0 Å². The lowest BCUT2D eigenvalue weighted by atomic mass is 10.1. The number of para-hydroxylation sites is 1. The molecule has 1 heterocycles. The van der Waals surface area contributed by atoms with Gasteiger partial charge in [0.25, 0.3) is 5.91 Å². The molecule has 1 aromatic heterocycles. The fourth-order valence-corrected chi connectivity index (χ4v) is 2.88. The maximum Gasteiger partial charge on any atom is 0.276 e. The molecule has 27 heavy (non-hydrogen) atoms. The third-order valence-electron chi connectivity index (χ3n) is 4.10. The Kier molecular flexibility index (Phi) is 6.49. The Morgan fingerprint density at radius 3 is 2.74 bits per heavy atom. The van der Waals surface area contributed by atoms with Gasteiger partial charge in [0.1, 0.15) is 16.9 Å². The third kappa shape index (κ3) is 5.10. The molecule has 0 spiro atoms. The molecule has 0 aliphatic heterocycles. The molecule has 0 unspecified atom stereocenters. The summed E-state index contributed by atoms with van der Waals surface area (Å²) in [4.78, 5) is 11.9. The molecule has 3 N–H and O–H groups in total. The predicted octanol–water partition coefficient (Wildman–Crippen LogP) is 3.65. The first kappa shape index (κ1) is 19.0. The molecule has 3 rings (SSSR count). The van der Waals surface area contributed by atoms with Crippen molar-refractivity contribution in [1.29, 1.82) is 0 Å². The molecule has 0 aliphatic rings. The molecule has 0 aliphatic carbocycles. The van der Waals surface area contributed by atoms with Crippen LogP contribution in [0.15, 0.2) is 46.9 Å². The van der Waals surface area contributed by atoms with Crippen LogP contribution in [0.4, 0.5) is 0 Å². The lowest BCUT2D eigenvalue weighted by molar-refractivity contribution is -0.123. The number of unbranched alkanes of at least 4 members (excludes halogenated alkanes) is 2. The van der Waals surface area contributed by atoms with Crippen molar-refractivity contribution in [2.75, 3.05) is 13.2 Å². The van der Waals surface area contributed by atoms with E-state index >= 15 is 0 Å². The molecule has 0 atom stereocenters. The smallest absolute Gasteiger partial charge is 0.276 e. The average Bonchev–Trinajstić information content (AvgIpc) is 3.06. The molecule has 0 saturated carbocycles. The number of nitrogens with one attached hydrogen (secondary N) is 3. The first-order chi connectivity index (χ1) is 13.2. The van der Waals surface area contributed by atoms with Gasteiger partial charge in [0.05, 0.1) is 0 Å². The van der Waals surface area contributed by atoms with Crippen LogP contribution in [0.5, 0.6) is 5.75 Å². The molecule has 0 bridgehead atoms. The van der Waals surface area contributed by atoms with Crippen LogP contribution in [0, 0.1) is 0 Å². The van der Waals surface area contributed by atoms with Crippen LogP contribution in [0.2, 0.25) is 0 Å². The highest BCUT2D eigenvalue weighted by molar-refractivity contribution is 7.80. The molecule has 0 radical (unpaired) electrons. The number of hydrogen-bond donors (Lipinski definition) is 3. The number of thiocarbonyl (C=S) groups is 1. The number of rotatable bonds is 7. The summed E-state index contributed by atoms with van der Waals surface area (Å²) in [6.07, 6.45) is 3.34. The first-order valence-corrected chi connectivity index (χ1v) is 9.45. The second kappa shape index (κ2) is 9.23. The summed E-state index contributed by atoms with van der Waals surface area (Å²) in [5, 5.41) is 5.40. The van der Waals surface area contributed by atoms with E-state index < -0.39 is 0 Å². The molecular weight excluding hydrogens is 362 g/mol. The van der Waals surface area contributed by atoms with Gasteiger partial charge in [-0.1, -0.05) is 38.0 Å². The fraction of sp³-hybridized carbons (Fsp3) is 0.300. The lowest BCUT2D eigenvalue weighted by Gasteiger charge is -2.12. The number of benzene rings is 2. The summed E-state index contributed by atoms with van der Waals surface area (Å²) in [7, 11) is 0. The van der Waals surface area contributed by atoms with E-state index in [0.29, 0.717) is 10.9 Å². The van der Waals surface area contributed by atoms with Crippen LogP contribution in [0.1, 0.15) is 26.2 Å². The number of fused-ring (bicyclic) bond motifs is 3. The summed E-state index contributed by atoms with van der Waals surface area (Å²) in [5.74, 6) is 0.286. The Bertz CT molecular complexity index is 939. The number of carbonyl (C=O) groups excluding carboxylic acids is 1. The molecule has 0 fully saturated rings. The summed E-state index contributed by atoms with van der Waals surface area (Å²) < 4.78 is 11.4. The highest BCUT2D eigenvalue weighted by atomic mass is 32.1.